The highest BCUT2D eigenvalue weighted by Gasteiger charge is 2.15. The van der Waals surface area contributed by atoms with Gasteiger partial charge in [-0.1, -0.05) is 0 Å². The van der Waals surface area contributed by atoms with Gasteiger partial charge in [-0.25, -0.2) is 0 Å². The molecule has 0 radical (unpaired) electrons. The monoisotopic (exact) mass is 251 g/mol. The number of phenols is 1. The molecule has 6 heteroatoms. The van der Waals surface area contributed by atoms with Crippen molar-refractivity contribution in [2.24, 2.45) is 5.73 Å². The smallest absolute Gasteiger partial charge is 0.255 e. The highest BCUT2D eigenvalue weighted by molar-refractivity contribution is 5.98. The molecule has 0 spiro atoms. The van der Waals surface area contributed by atoms with Gasteiger partial charge in [0.25, 0.3) is 5.91 Å². The first-order chi connectivity index (χ1) is 8.58. The quantitative estimate of drug-likeness (QED) is 0.322. The first-order valence-corrected chi connectivity index (χ1v) is 5.63. The number of phenolic OH excluding ortho intramolecular Hbond substituents is 1. The minimum atomic E-state index is -0.609. The minimum absolute atomic E-state index is 0.0506. The van der Waals surface area contributed by atoms with Crippen LogP contribution in [0.1, 0.15) is 23.2 Å². The van der Waals surface area contributed by atoms with E-state index < -0.39 is 11.9 Å². The number of hydrogen-bond acceptors (Lipinski definition) is 5. The van der Waals surface area contributed by atoms with Gasteiger partial charge in [0, 0.05) is 5.69 Å². The van der Waals surface area contributed by atoms with E-state index in [2.05, 4.69) is 5.32 Å². The fourth-order valence-electron chi connectivity index (χ4n) is 1.49. The SMILES string of the molecule is NCCCC(C=O)NC(=O)c1cc(N)ccc1O. The number of nitrogen functional groups attached to an aromatic ring is 1. The van der Waals surface area contributed by atoms with E-state index in [1.807, 2.05) is 0 Å². The average Bonchev–Trinajstić information content (AvgIpc) is 2.37. The number of amides is 1. The first kappa shape index (κ1) is 14.0. The van der Waals surface area contributed by atoms with Gasteiger partial charge in [-0.15, -0.1) is 0 Å². The van der Waals surface area contributed by atoms with Crippen LogP contribution < -0.4 is 16.8 Å². The number of nitrogens with one attached hydrogen (secondary N) is 1. The number of carbonyl (C=O) groups excluding carboxylic acids is 2. The number of hydrogen-bond donors (Lipinski definition) is 4. The molecule has 0 fully saturated rings. The maximum Gasteiger partial charge on any atom is 0.255 e. The van der Waals surface area contributed by atoms with Crippen molar-refractivity contribution in [3.05, 3.63) is 23.8 Å². The van der Waals surface area contributed by atoms with E-state index in [-0.39, 0.29) is 11.3 Å². The molecule has 0 aliphatic carbocycles. The number of carbonyl (C=O) groups is 2. The van der Waals surface area contributed by atoms with Gasteiger partial charge in [0.05, 0.1) is 11.6 Å². The van der Waals surface area contributed by atoms with Crippen molar-refractivity contribution in [1.29, 1.82) is 0 Å². The van der Waals surface area contributed by atoms with Gasteiger partial charge in [-0.2, -0.15) is 0 Å². The van der Waals surface area contributed by atoms with Crippen molar-refractivity contribution in [2.75, 3.05) is 12.3 Å². The number of benzene rings is 1. The Morgan fingerprint density at radius 2 is 2.22 bits per heavy atom. The normalized spacial score (nSPS) is 11.8. The second kappa shape index (κ2) is 6.61. The summed E-state index contributed by atoms with van der Waals surface area (Å²) in [5.74, 6) is -0.709. The molecule has 0 bridgehead atoms. The van der Waals surface area contributed by atoms with Crippen LogP contribution in [0.15, 0.2) is 18.2 Å². The second-order valence-electron chi connectivity index (χ2n) is 3.92. The van der Waals surface area contributed by atoms with Gasteiger partial charge in [0.1, 0.15) is 12.0 Å². The molecule has 0 saturated heterocycles. The number of nitrogens with two attached hydrogens (primary N) is 2. The summed E-state index contributed by atoms with van der Waals surface area (Å²) in [5.41, 5.74) is 11.3. The van der Waals surface area contributed by atoms with E-state index in [1.54, 1.807) is 0 Å². The molecule has 1 aromatic rings. The van der Waals surface area contributed by atoms with Crippen LogP contribution in [0.25, 0.3) is 0 Å². The lowest BCUT2D eigenvalue weighted by Crippen LogP contribution is -2.36. The minimum Gasteiger partial charge on any atom is -0.507 e. The van der Waals surface area contributed by atoms with Gasteiger partial charge in [0.15, 0.2) is 0 Å². The van der Waals surface area contributed by atoms with Crippen molar-refractivity contribution in [2.45, 2.75) is 18.9 Å². The summed E-state index contributed by atoms with van der Waals surface area (Å²) in [6, 6.07) is 3.56. The fraction of sp³-hybridized carbons (Fsp3) is 0.333. The van der Waals surface area contributed by atoms with E-state index in [4.69, 9.17) is 11.5 Å². The number of aromatic hydroxyl groups is 1. The third-order valence-corrected chi connectivity index (χ3v) is 2.47. The molecule has 98 valence electrons. The predicted octanol–water partition coefficient (Wildman–Crippen LogP) is 0.0106. The summed E-state index contributed by atoms with van der Waals surface area (Å²) >= 11 is 0. The lowest BCUT2D eigenvalue weighted by molar-refractivity contribution is -0.109. The molecule has 6 nitrogen and oxygen atoms in total. The van der Waals surface area contributed by atoms with Gasteiger partial charge in [-0.3, -0.25) is 4.79 Å². The van der Waals surface area contributed by atoms with E-state index in [0.29, 0.717) is 31.4 Å². The largest absolute Gasteiger partial charge is 0.507 e. The van der Waals surface area contributed by atoms with Gasteiger partial charge in [0.2, 0.25) is 0 Å². The molecule has 0 aliphatic heterocycles. The van der Waals surface area contributed by atoms with Gasteiger partial charge in [-0.05, 0) is 37.6 Å². The maximum atomic E-state index is 11.8. The summed E-state index contributed by atoms with van der Waals surface area (Å²) in [6.07, 6.45) is 1.75. The number of rotatable bonds is 6. The Labute approximate surface area is 105 Å². The topological polar surface area (TPSA) is 118 Å². The Hall–Kier alpha value is -2.08. The third kappa shape index (κ3) is 3.74. The van der Waals surface area contributed by atoms with Crippen LogP contribution in [0.5, 0.6) is 5.75 Å². The van der Waals surface area contributed by atoms with Crippen molar-refractivity contribution in [3.63, 3.8) is 0 Å². The molecule has 6 N–H and O–H groups in total. The summed E-state index contributed by atoms with van der Waals surface area (Å²) in [6.45, 7) is 0.448. The van der Waals surface area contributed by atoms with Crippen LogP contribution in [0.3, 0.4) is 0 Å². The Kier molecular flexibility index (Phi) is 5.13. The molecule has 0 aromatic heterocycles. The third-order valence-electron chi connectivity index (χ3n) is 2.47. The number of anilines is 1. The summed E-state index contributed by atoms with van der Waals surface area (Å²) in [7, 11) is 0. The molecule has 0 aliphatic rings. The summed E-state index contributed by atoms with van der Waals surface area (Å²) in [5, 5.41) is 12.1. The van der Waals surface area contributed by atoms with E-state index in [1.165, 1.54) is 18.2 Å². The summed E-state index contributed by atoms with van der Waals surface area (Å²) in [4.78, 5) is 22.6. The molecule has 1 atom stereocenters. The molecule has 0 heterocycles. The fourth-order valence-corrected chi connectivity index (χ4v) is 1.49. The lowest BCUT2D eigenvalue weighted by Gasteiger charge is -2.13. The van der Waals surface area contributed by atoms with E-state index in [9.17, 15) is 14.7 Å². The molecule has 1 amide bonds. The molecule has 1 rings (SSSR count). The Morgan fingerprint density at radius 1 is 1.50 bits per heavy atom. The number of aldehydes is 1. The second-order valence-corrected chi connectivity index (χ2v) is 3.92. The molecular formula is C12H17N3O3. The van der Waals surface area contributed by atoms with Crippen LogP contribution in [-0.2, 0) is 4.79 Å². The van der Waals surface area contributed by atoms with Crippen molar-refractivity contribution in [3.8, 4) is 5.75 Å². The van der Waals surface area contributed by atoms with Crippen molar-refractivity contribution >= 4 is 17.9 Å². The zero-order valence-corrected chi connectivity index (χ0v) is 9.93. The van der Waals surface area contributed by atoms with E-state index >= 15 is 0 Å². The van der Waals surface area contributed by atoms with Gasteiger partial charge < -0.3 is 26.7 Å². The highest BCUT2D eigenvalue weighted by atomic mass is 16.3. The maximum absolute atomic E-state index is 11.8. The first-order valence-electron chi connectivity index (χ1n) is 5.63. The van der Waals surface area contributed by atoms with Crippen LogP contribution in [-0.4, -0.2) is 29.9 Å². The average molecular weight is 251 g/mol. The van der Waals surface area contributed by atoms with Crippen LogP contribution in [0.2, 0.25) is 0 Å². The predicted molar refractivity (Wildman–Crippen MR) is 68.1 cm³/mol. The lowest BCUT2D eigenvalue weighted by atomic mass is 10.1. The summed E-state index contributed by atoms with van der Waals surface area (Å²) < 4.78 is 0. The Bertz CT molecular complexity index is 435. The Balaban J connectivity index is 2.74. The van der Waals surface area contributed by atoms with Crippen LogP contribution >= 0.6 is 0 Å². The zero-order chi connectivity index (χ0) is 13.5. The molecular weight excluding hydrogens is 234 g/mol. The Morgan fingerprint density at radius 3 is 2.83 bits per heavy atom. The van der Waals surface area contributed by atoms with Crippen molar-refractivity contribution < 1.29 is 14.7 Å². The highest BCUT2D eigenvalue weighted by Crippen LogP contribution is 2.19. The van der Waals surface area contributed by atoms with E-state index in [0.717, 1.165) is 0 Å². The molecule has 18 heavy (non-hydrogen) atoms. The zero-order valence-electron chi connectivity index (χ0n) is 9.93. The standard InChI is InChI=1S/C12H17N3O3/c13-5-1-2-9(7-16)15-12(18)10-6-8(14)3-4-11(10)17/h3-4,6-7,9,17H,1-2,5,13-14H2,(H,15,18). The van der Waals surface area contributed by atoms with Crippen molar-refractivity contribution in [1.82, 2.24) is 5.32 Å². The molecule has 1 aromatic carbocycles. The van der Waals surface area contributed by atoms with Crippen LogP contribution in [0.4, 0.5) is 5.69 Å². The van der Waals surface area contributed by atoms with Gasteiger partial charge >= 0.3 is 0 Å². The molecule has 0 saturated carbocycles. The molecule has 1 unspecified atom stereocenters. The van der Waals surface area contributed by atoms with Crippen LogP contribution in [0, 0.1) is 0 Å².